The molecule has 0 aromatic heterocycles. The van der Waals surface area contributed by atoms with Crippen molar-refractivity contribution in [3.05, 3.63) is 59.7 Å². The Balaban J connectivity index is 2.04. The monoisotopic (exact) mass is 437 g/mol. The Hall–Kier alpha value is -2.59. The molecule has 0 fully saturated rings. The first-order valence-corrected chi connectivity index (χ1v) is 12.5. The van der Waals surface area contributed by atoms with Gasteiger partial charge in [-0.1, -0.05) is 30.3 Å². The summed E-state index contributed by atoms with van der Waals surface area (Å²) in [5.41, 5.74) is 2.30. The van der Waals surface area contributed by atoms with Crippen LogP contribution in [0.3, 0.4) is 0 Å². The normalized spacial score (nSPS) is 17.1. The second-order valence-corrected chi connectivity index (χ2v) is 10.5. The molecule has 1 heterocycles. The van der Waals surface area contributed by atoms with E-state index in [4.69, 9.17) is 4.74 Å². The molecule has 8 nitrogen and oxygen atoms in total. The molecule has 2 aromatic rings. The van der Waals surface area contributed by atoms with E-state index in [0.29, 0.717) is 29.1 Å². The molecular weight excluding hydrogens is 414 g/mol. The summed E-state index contributed by atoms with van der Waals surface area (Å²) in [6.45, 7) is 1.57. The molecule has 0 aliphatic carbocycles. The Morgan fingerprint density at radius 2 is 1.86 bits per heavy atom. The van der Waals surface area contributed by atoms with Crippen LogP contribution in [0.15, 0.2) is 53.6 Å². The Labute approximate surface area is 171 Å². The van der Waals surface area contributed by atoms with E-state index in [2.05, 4.69) is 9.82 Å². The summed E-state index contributed by atoms with van der Waals surface area (Å²) in [6, 6.07) is 13.4. The fraction of sp³-hybridized carbons (Fsp3) is 0.316. The summed E-state index contributed by atoms with van der Waals surface area (Å²) in [6.07, 6.45) is 1.40. The number of hydrogen-bond donors (Lipinski definition) is 1. The SMILES string of the molecule is CCS(=O)(=O)N1N=C(c2cccc(NS(C)(=O)=O)c2)CC1c1ccccc1OC. The maximum Gasteiger partial charge on any atom is 0.250 e. The molecule has 1 atom stereocenters. The molecule has 3 rings (SSSR count). The van der Waals surface area contributed by atoms with Crippen LogP contribution in [0.2, 0.25) is 0 Å². The third-order valence-electron chi connectivity index (χ3n) is 4.52. The van der Waals surface area contributed by atoms with E-state index in [9.17, 15) is 16.8 Å². The van der Waals surface area contributed by atoms with Crippen molar-refractivity contribution in [3.8, 4) is 5.75 Å². The average Bonchev–Trinajstić information content (AvgIpc) is 3.13. The second-order valence-electron chi connectivity index (χ2n) is 6.64. The first-order valence-electron chi connectivity index (χ1n) is 8.95. The Kier molecular flexibility index (Phi) is 5.85. The van der Waals surface area contributed by atoms with Crippen LogP contribution in [-0.2, 0) is 20.0 Å². The summed E-state index contributed by atoms with van der Waals surface area (Å²) in [5.74, 6) is 0.489. The molecule has 0 radical (unpaired) electrons. The lowest BCUT2D eigenvalue weighted by atomic mass is 9.98. The van der Waals surface area contributed by atoms with Crippen LogP contribution in [0.25, 0.3) is 0 Å². The molecule has 0 saturated heterocycles. The van der Waals surface area contributed by atoms with Gasteiger partial charge in [0.05, 0.1) is 30.9 Å². The number of nitrogens with one attached hydrogen (secondary N) is 1. The highest BCUT2D eigenvalue weighted by Gasteiger charge is 2.37. The summed E-state index contributed by atoms with van der Waals surface area (Å²) in [5, 5.41) is 4.40. The quantitative estimate of drug-likeness (QED) is 0.717. The molecule has 1 unspecified atom stereocenters. The van der Waals surface area contributed by atoms with Gasteiger partial charge in [0, 0.05) is 17.7 Å². The standard InChI is InChI=1S/C19H23N3O5S2/c1-4-29(25,26)22-18(16-10-5-6-11-19(16)27-2)13-17(20-22)14-8-7-9-15(12-14)21-28(3,23)24/h5-12,18,21H,4,13H2,1-3H3. The summed E-state index contributed by atoms with van der Waals surface area (Å²) in [4.78, 5) is 0. The van der Waals surface area contributed by atoms with Crippen molar-refractivity contribution >= 4 is 31.4 Å². The third-order valence-corrected chi connectivity index (χ3v) is 6.76. The molecule has 10 heteroatoms. The number of ether oxygens (including phenoxy) is 1. The highest BCUT2D eigenvalue weighted by molar-refractivity contribution is 7.92. The largest absolute Gasteiger partial charge is 0.496 e. The van der Waals surface area contributed by atoms with Crippen molar-refractivity contribution in [3.63, 3.8) is 0 Å². The summed E-state index contributed by atoms with van der Waals surface area (Å²) < 4.78 is 57.4. The number of nitrogens with zero attached hydrogens (tertiary/aromatic N) is 2. The number of rotatable bonds is 7. The Bertz CT molecular complexity index is 1140. The molecule has 0 bridgehead atoms. The van der Waals surface area contributed by atoms with Crippen molar-refractivity contribution in [2.45, 2.75) is 19.4 Å². The van der Waals surface area contributed by atoms with Gasteiger partial charge in [0.1, 0.15) is 5.75 Å². The molecule has 0 saturated carbocycles. The molecule has 1 aliphatic rings. The van der Waals surface area contributed by atoms with Gasteiger partial charge in [-0.3, -0.25) is 4.72 Å². The minimum absolute atomic E-state index is 0.0922. The van der Waals surface area contributed by atoms with Crippen molar-refractivity contribution in [2.24, 2.45) is 5.10 Å². The highest BCUT2D eigenvalue weighted by Crippen LogP contribution is 2.39. The Morgan fingerprint density at radius 1 is 1.14 bits per heavy atom. The van der Waals surface area contributed by atoms with Crippen LogP contribution in [0.5, 0.6) is 5.75 Å². The lowest BCUT2D eigenvalue weighted by molar-refractivity contribution is 0.350. The number of anilines is 1. The lowest BCUT2D eigenvalue weighted by Crippen LogP contribution is -2.28. The van der Waals surface area contributed by atoms with Gasteiger partial charge in [-0.05, 0) is 30.7 Å². The molecule has 156 valence electrons. The predicted molar refractivity (Wildman–Crippen MR) is 113 cm³/mol. The smallest absolute Gasteiger partial charge is 0.250 e. The maximum absolute atomic E-state index is 12.7. The van der Waals surface area contributed by atoms with E-state index < -0.39 is 26.1 Å². The predicted octanol–water partition coefficient (Wildman–Crippen LogP) is 2.57. The number of hydrogen-bond acceptors (Lipinski definition) is 6. The van der Waals surface area contributed by atoms with Gasteiger partial charge in [-0.25, -0.2) is 16.8 Å². The summed E-state index contributed by atoms with van der Waals surface area (Å²) in [7, 11) is -5.52. The van der Waals surface area contributed by atoms with Crippen molar-refractivity contribution in [1.82, 2.24) is 4.41 Å². The van der Waals surface area contributed by atoms with Gasteiger partial charge >= 0.3 is 0 Å². The fourth-order valence-corrected chi connectivity index (χ4v) is 4.82. The highest BCUT2D eigenvalue weighted by atomic mass is 32.2. The van der Waals surface area contributed by atoms with E-state index in [-0.39, 0.29) is 5.75 Å². The first kappa shape index (κ1) is 21.1. The molecular formula is C19H23N3O5S2. The molecule has 1 N–H and O–H groups in total. The van der Waals surface area contributed by atoms with E-state index >= 15 is 0 Å². The van der Waals surface area contributed by atoms with Gasteiger partial charge in [-0.15, -0.1) is 0 Å². The number of sulfonamides is 2. The second kappa shape index (κ2) is 8.03. The van der Waals surface area contributed by atoms with Crippen LogP contribution < -0.4 is 9.46 Å². The van der Waals surface area contributed by atoms with Crippen molar-refractivity contribution in [2.75, 3.05) is 23.8 Å². The van der Waals surface area contributed by atoms with Gasteiger partial charge in [0.2, 0.25) is 20.0 Å². The fourth-order valence-electron chi connectivity index (χ4n) is 3.20. The molecule has 0 spiro atoms. The van der Waals surface area contributed by atoms with Crippen LogP contribution in [0, 0.1) is 0 Å². The van der Waals surface area contributed by atoms with E-state index in [1.807, 2.05) is 18.2 Å². The lowest BCUT2D eigenvalue weighted by Gasteiger charge is -2.24. The van der Waals surface area contributed by atoms with E-state index in [1.54, 1.807) is 37.3 Å². The van der Waals surface area contributed by atoms with Gasteiger partial charge < -0.3 is 4.74 Å². The molecule has 0 amide bonds. The zero-order valence-corrected chi connectivity index (χ0v) is 18.0. The topological polar surface area (TPSA) is 105 Å². The average molecular weight is 438 g/mol. The third kappa shape index (κ3) is 4.70. The van der Waals surface area contributed by atoms with E-state index in [0.717, 1.165) is 16.2 Å². The van der Waals surface area contributed by atoms with Crippen molar-refractivity contribution < 1.29 is 21.6 Å². The van der Waals surface area contributed by atoms with Gasteiger partial charge in [-0.2, -0.15) is 9.52 Å². The zero-order valence-electron chi connectivity index (χ0n) is 16.4. The number of benzene rings is 2. The van der Waals surface area contributed by atoms with Crippen molar-refractivity contribution in [1.29, 1.82) is 0 Å². The molecule has 2 aromatic carbocycles. The number of para-hydroxylation sites is 1. The maximum atomic E-state index is 12.7. The van der Waals surface area contributed by atoms with Gasteiger partial charge in [0.15, 0.2) is 0 Å². The first-order chi connectivity index (χ1) is 13.6. The van der Waals surface area contributed by atoms with E-state index in [1.165, 1.54) is 7.11 Å². The summed E-state index contributed by atoms with van der Waals surface area (Å²) >= 11 is 0. The minimum Gasteiger partial charge on any atom is -0.496 e. The van der Waals surface area contributed by atoms with Gasteiger partial charge in [0.25, 0.3) is 0 Å². The number of methoxy groups -OCH3 is 1. The van der Waals surface area contributed by atoms with Crippen LogP contribution >= 0.6 is 0 Å². The molecule has 29 heavy (non-hydrogen) atoms. The van der Waals surface area contributed by atoms with Crippen LogP contribution in [0.1, 0.15) is 30.5 Å². The molecule has 1 aliphatic heterocycles. The minimum atomic E-state index is -3.62. The number of hydrazone groups is 1. The van der Waals surface area contributed by atoms with Crippen LogP contribution in [-0.4, -0.2) is 46.1 Å². The van der Waals surface area contributed by atoms with Crippen LogP contribution in [0.4, 0.5) is 5.69 Å². The zero-order chi connectivity index (χ0) is 21.2. The Morgan fingerprint density at radius 3 is 2.52 bits per heavy atom.